The summed E-state index contributed by atoms with van der Waals surface area (Å²) >= 11 is 0. The molecule has 0 amide bonds. The standard InChI is InChI=1S/C15H29NO3/c1-12-5-3-4-6-14(12)10-19-11-15(18)9-16-13(2)7-8-17/h3-4,12-18H,5-11H2,1-2H3. The Bertz CT molecular complexity index is 258. The predicted octanol–water partition coefficient (Wildman–Crippen LogP) is 1.33. The summed E-state index contributed by atoms with van der Waals surface area (Å²) in [6.07, 6.45) is 6.92. The maximum Gasteiger partial charge on any atom is 0.0897 e. The van der Waals surface area contributed by atoms with Crippen molar-refractivity contribution in [3.63, 3.8) is 0 Å². The molecule has 0 heterocycles. The maximum absolute atomic E-state index is 9.80. The highest BCUT2D eigenvalue weighted by Crippen LogP contribution is 2.24. The molecule has 0 bridgehead atoms. The van der Waals surface area contributed by atoms with E-state index >= 15 is 0 Å². The quantitative estimate of drug-likeness (QED) is 0.554. The summed E-state index contributed by atoms with van der Waals surface area (Å²) in [5, 5.41) is 21.8. The molecule has 1 aliphatic carbocycles. The fraction of sp³-hybridized carbons (Fsp3) is 0.867. The molecule has 1 rings (SSSR count). The van der Waals surface area contributed by atoms with Crippen molar-refractivity contribution < 1.29 is 14.9 Å². The molecule has 0 saturated carbocycles. The first-order valence-corrected chi connectivity index (χ1v) is 7.38. The summed E-state index contributed by atoms with van der Waals surface area (Å²) in [4.78, 5) is 0. The van der Waals surface area contributed by atoms with Gasteiger partial charge in [-0.1, -0.05) is 19.1 Å². The summed E-state index contributed by atoms with van der Waals surface area (Å²) in [6.45, 7) is 6.06. The highest BCUT2D eigenvalue weighted by Gasteiger charge is 2.18. The topological polar surface area (TPSA) is 61.7 Å². The second kappa shape index (κ2) is 9.48. The van der Waals surface area contributed by atoms with Gasteiger partial charge in [-0.2, -0.15) is 0 Å². The first-order valence-electron chi connectivity index (χ1n) is 7.38. The van der Waals surface area contributed by atoms with E-state index in [1.165, 1.54) is 0 Å². The Labute approximate surface area is 116 Å². The summed E-state index contributed by atoms with van der Waals surface area (Å²) in [6, 6.07) is 0.225. The van der Waals surface area contributed by atoms with Gasteiger partial charge in [0.25, 0.3) is 0 Å². The molecule has 0 spiro atoms. The lowest BCUT2D eigenvalue weighted by atomic mass is 9.85. The van der Waals surface area contributed by atoms with E-state index in [4.69, 9.17) is 9.84 Å². The smallest absolute Gasteiger partial charge is 0.0897 e. The van der Waals surface area contributed by atoms with Gasteiger partial charge in [0.2, 0.25) is 0 Å². The van der Waals surface area contributed by atoms with E-state index in [-0.39, 0.29) is 12.6 Å². The molecule has 0 aromatic heterocycles. The molecular formula is C15H29NO3. The van der Waals surface area contributed by atoms with Gasteiger partial charge < -0.3 is 20.3 Å². The third-order valence-electron chi connectivity index (χ3n) is 3.82. The maximum atomic E-state index is 9.80. The highest BCUT2D eigenvalue weighted by atomic mass is 16.5. The van der Waals surface area contributed by atoms with E-state index < -0.39 is 6.10 Å². The number of hydrogen-bond acceptors (Lipinski definition) is 4. The Balaban J connectivity index is 2.06. The fourth-order valence-corrected chi connectivity index (χ4v) is 2.29. The number of allylic oxidation sites excluding steroid dienone is 2. The molecule has 0 aromatic carbocycles. The molecule has 0 aromatic rings. The van der Waals surface area contributed by atoms with Crippen molar-refractivity contribution >= 4 is 0 Å². The zero-order valence-electron chi connectivity index (χ0n) is 12.2. The Kier molecular flexibility index (Phi) is 8.30. The second-order valence-corrected chi connectivity index (χ2v) is 5.69. The predicted molar refractivity (Wildman–Crippen MR) is 77.0 cm³/mol. The zero-order valence-corrected chi connectivity index (χ0v) is 12.2. The van der Waals surface area contributed by atoms with Gasteiger partial charge in [-0.3, -0.25) is 0 Å². The van der Waals surface area contributed by atoms with E-state index in [1.807, 2.05) is 6.92 Å². The minimum Gasteiger partial charge on any atom is -0.396 e. The van der Waals surface area contributed by atoms with Crippen LogP contribution in [-0.4, -0.2) is 48.7 Å². The third-order valence-corrected chi connectivity index (χ3v) is 3.82. The Hall–Kier alpha value is -0.420. The lowest BCUT2D eigenvalue weighted by molar-refractivity contribution is 0.0118. The van der Waals surface area contributed by atoms with Gasteiger partial charge in [-0.05, 0) is 38.0 Å². The molecule has 4 unspecified atom stereocenters. The van der Waals surface area contributed by atoms with E-state index in [1.54, 1.807) is 0 Å². The summed E-state index contributed by atoms with van der Waals surface area (Å²) in [5.74, 6) is 1.25. The molecule has 4 nitrogen and oxygen atoms in total. The molecule has 3 N–H and O–H groups in total. The van der Waals surface area contributed by atoms with Crippen LogP contribution < -0.4 is 5.32 Å². The van der Waals surface area contributed by atoms with Crippen molar-refractivity contribution in [1.82, 2.24) is 5.32 Å². The Morgan fingerprint density at radius 2 is 2.11 bits per heavy atom. The van der Waals surface area contributed by atoms with Crippen LogP contribution in [0.2, 0.25) is 0 Å². The SMILES string of the molecule is CC(CCO)NCC(O)COCC1CC=CCC1C. The molecule has 0 fully saturated rings. The fourth-order valence-electron chi connectivity index (χ4n) is 2.29. The molecule has 4 heteroatoms. The minimum absolute atomic E-state index is 0.174. The molecule has 4 atom stereocenters. The van der Waals surface area contributed by atoms with Crippen LogP contribution in [0.5, 0.6) is 0 Å². The van der Waals surface area contributed by atoms with Gasteiger partial charge in [-0.25, -0.2) is 0 Å². The first kappa shape index (κ1) is 16.6. The van der Waals surface area contributed by atoms with Crippen molar-refractivity contribution in [2.45, 2.75) is 45.3 Å². The number of ether oxygens (including phenoxy) is 1. The lowest BCUT2D eigenvalue weighted by Crippen LogP contribution is -2.36. The van der Waals surface area contributed by atoms with Gasteiger partial charge in [-0.15, -0.1) is 0 Å². The summed E-state index contributed by atoms with van der Waals surface area (Å²) in [7, 11) is 0. The first-order chi connectivity index (χ1) is 9.13. The monoisotopic (exact) mass is 271 g/mol. The van der Waals surface area contributed by atoms with Gasteiger partial charge in [0.15, 0.2) is 0 Å². The van der Waals surface area contributed by atoms with E-state index in [2.05, 4.69) is 24.4 Å². The largest absolute Gasteiger partial charge is 0.396 e. The van der Waals surface area contributed by atoms with Crippen molar-refractivity contribution in [1.29, 1.82) is 0 Å². The highest BCUT2D eigenvalue weighted by molar-refractivity contribution is 4.93. The number of nitrogens with one attached hydrogen (secondary N) is 1. The molecule has 0 radical (unpaired) electrons. The molecular weight excluding hydrogens is 242 g/mol. The number of rotatable bonds is 9. The van der Waals surface area contributed by atoms with Crippen LogP contribution in [0.15, 0.2) is 12.2 Å². The third kappa shape index (κ3) is 7.06. The van der Waals surface area contributed by atoms with Gasteiger partial charge in [0, 0.05) is 19.2 Å². The molecule has 1 aliphatic rings. The lowest BCUT2D eigenvalue weighted by Gasteiger charge is -2.25. The average molecular weight is 271 g/mol. The van der Waals surface area contributed by atoms with Crippen molar-refractivity contribution in [3.05, 3.63) is 12.2 Å². The molecule has 0 saturated heterocycles. The van der Waals surface area contributed by atoms with Crippen LogP contribution >= 0.6 is 0 Å². The average Bonchev–Trinajstić information content (AvgIpc) is 2.39. The number of hydrogen-bond donors (Lipinski definition) is 3. The van der Waals surface area contributed by atoms with Gasteiger partial charge >= 0.3 is 0 Å². The Morgan fingerprint density at radius 1 is 1.37 bits per heavy atom. The minimum atomic E-state index is -0.476. The van der Waals surface area contributed by atoms with E-state index in [0.717, 1.165) is 19.4 Å². The van der Waals surface area contributed by atoms with Crippen LogP contribution in [0.3, 0.4) is 0 Å². The van der Waals surface area contributed by atoms with E-state index in [0.29, 0.717) is 31.4 Å². The van der Waals surface area contributed by atoms with Crippen molar-refractivity contribution in [3.8, 4) is 0 Å². The zero-order chi connectivity index (χ0) is 14.1. The van der Waals surface area contributed by atoms with Crippen molar-refractivity contribution in [2.75, 3.05) is 26.4 Å². The van der Waals surface area contributed by atoms with Crippen LogP contribution in [0, 0.1) is 11.8 Å². The number of aliphatic hydroxyl groups excluding tert-OH is 2. The molecule has 19 heavy (non-hydrogen) atoms. The second-order valence-electron chi connectivity index (χ2n) is 5.69. The van der Waals surface area contributed by atoms with Gasteiger partial charge in [0.1, 0.15) is 0 Å². The van der Waals surface area contributed by atoms with Crippen LogP contribution in [0.4, 0.5) is 0 Å². The van der Waals surface area contributed by atoms with Gasteiger partial charge in [0.05, 0.1) is 19.3 Å². The molecule has 112 valence electrons. The van der Waals surface area contributed by atoms with Crippen molar-refractivity contribution in [2.24, 2.45) is 11.8 Å². The Morgan fingerprint density at radius 3 is 2.79 bits per heavy atom. The molecule has 0 aliphatic heterocycles. The van der Waals surface area contributed by atoms with Crippen LogP contribution in [-0.2, 0) is 4.74 Å². The van der Waals surface area contributed by atoms with Crippen LogP contribution in [0.25, 0.3) is 0 Å². The normalized spacial score (nSPS) is 26.3. The number of aliphatic hydroxyl groups is 2. The van der Waals surface area contributed by atoms with Crippen LogP contribution in [0.1, 0.15) is 33.1 Å². The van der Waals surface area contributed by atoms with E-state index in [9.17, 15) is 5.11 Å². The summed E-state index contributed by atoms with van der Waals surface area (Å²) in [5.41, 5.74) is 0. The summed E-state index contributed by atoms with van der Waals surface area (Å²) < 4.78 is 5.62.